The largest absolute Gasteiger partial charge is 0.508 e. The number of phenolic OH excluding ortho intramolecular Hbond substituents is 3. The molecule has 2 rings (SSSR count). The molecule has 0 aliphatic rings. The number of ether oxygens (including phenoxy) is 1. The highest BCUT2D eigenvalue weighted by molar-refractivity contribution is 6.11. The van der Waals surface area contributed by atoms with E-state index in [-0.39, 0.29) is 34.1 Å². The average Bonchev–Trinajstić information content (AvgIpc) is 2.60. The van der Waals surface area contributed by atoms with E-state index in [9.17, 15) is 20.1 Å². The van der Waals surface area contributed by atoms with E-state index in [4.69, 9.17) is 4.74 Å². The number of methoxy groups -OCH3 is 1. The lowest BCUT2D eigenvalue weighted by Gasteiger charge is -2.13. The van der Waals surface area contributed by atoms with Crippen molar-refractivity contribution in [3.05, 3.63) is 64.7 Å². The summed E-state index contributed by atoms with van der Waals surface area (Å²) < 4.78 is 5.15. The lowest BCUT2D eigenvalue weighted by Crippen LogP contribution is -2.02. The maximum atomic E-state index is 12.6. The lowest BCUT2D eigenvalue weighted by atomic mass is 9.99. The van der Waals surface area contributed by atoms with Crippen molar-refractivity contribution < 1.29 is 24.9 Å². The molecule has 3 N–H and O–H groups in total. The minimum atomic E-state index is -0.453. The van der Waals surface area contributed by atoms with Gasteiger partial charge in [0.25, 0.3) is 0 Å². The molecule has 2 aromatic carbocycles. The van der Waals surface area contributed by atoms with Gasteiger partial charge in [0.15, 0.2) is 5.78 Å². The highest BCUT2D eigenvalue weighted by atomic mass is 16.5. The Hall–Kier alpha value is -3.21. The monoisotopic (exact) mass is 354 g/mol. The van der Waals surface area contributed by atoms with Gasteiger partial charge in [-0.1, -0.05) is 29.9 Å². The number of benzene rings is 2. The summed E-state index contributed by atoms with van der Waals surface area (Å²) in [5.41, 5.74) is 2.02. The molecule has 0 aliphatic carbocycles. The number of allylic oxidation sites excluding steroid dienone is 3. The molecule has 0 fully saturated rings. The number of carbonyl (C=O) groups is 1. The molecule has 0 saturated carbocycles. The van der Waals surface area contributed by atoms with Crippen molar-refractivity contribution >= 4 is 11.9 Å². The Balaban J connectivity index is 2.42. The summed E-state index contributed by atoms with van der Waals surface area (Å²) in [4.78, 5) is 12.6. The van der Waals surface area contributed by atoms with Crippen LogP contribution >= 0.6 is 0 Å². The van der Waals surface area contributed by atoms with E-state index in [1.54, 1.807) is 18.2 Å². The molecular formula is C21H22O5. The van der Waals surface area contributed by atoms with Crippen molar-refractivity contribution in [1.29, 1.82) is 0 Å². The molecule has 0 unspecified atom stereocenters. The standard InChI is InChI=1S/C21H22O5/c1-13(2)4-10-16-18(24)12-19(26-3)20(21(16)25)17(23)11-7-14-5-8-15(22)9-6-14/h4-9,11-12,22,24-25H,10H2,1-3H3/b11-7-. The molecule has 0 amide bonds. The summed E-state index contributed by atoms with van der Waals surface area (Å²) in [5, 5.41) is 30.0. The molecule has 0 radical (unpaired) electrons. The number of hydrogen-bond donors (Lipinski definition) is 3. The smallest absolute Gasteiger partial charge is 0.193 e. The van der Waals surface area contributed by atoms with Crippen LogP contribution in [-0.4, -0.2) is 28.2 Å². The number of rotatable bonds is 6. The second-order valence-corrected chi connectivity index (χ2v) is 6.07. The van der Waals surface area contributed by atoms with Crippen LogP contribution in [0.25, 0.3) is 6.08 Å². The predicted octanol–water partition coefficient (Wildman–Crippen LogP) is 4.22. The number of phenols is 3. The fraction of sp³-hybridized carbons (Fsp3) is 0.190. The van der Waals surface area contributed by atoms with Gasteiger partial charge in [0.2, 0.25) is 0 Å². The number of ketones is 1. The second kappa shape index (κ2) is 8.25. The van der Waals surface area contributed by atoms with Gasteiger partial charge in [-0.3, -0.25) is 4.79 Å². The van der Waals surface area contributed by atoms with E-state index in [0.717, 1.165) is 11.1 Å². The fourth-order valence-corrected chi connectivity index (χ4v) is 2.42. The predicted molar refractivity (Wildman–Crippen MR) is 101 cm³/mol. The fourth-order valence-electron chi connectivity index (χ4n) is 2.42. The molecule has 0 heterocycles. The minimum Gasteiger partial charge on any atom is -0.508 e. The van der Waals surface area contributed by atoms with Gasteiger partial charge in [-0.25, -0.2) is 0 Å². The van der Waals surface area contributed by atoms with E-state index in [1.807, 2.05) is 19.9 Å². The minimum absolute atomic E-state index is 0.00233. The van der Waals surface area contributed by atoms with Crippen molar-refractivity contribution in [3.63, 3.8) is 0 Å². The van der Waals surface area contributed by atoms with Crippen LogP contribution in [0.1, 0.15) is 35.3 Å². The van der Waals surface area contributed by atoms with Gasteiger partial charge in [-0.05, 0) is 44.0 Å². The van der Waals surface area contributed by atoms with Crippen LogP contribution in [-0.2, 0) is 6.42 Å². The van der Waals surface area contributed by atoms with Crippen molar-refractivity contribution in [2.75, 3.05) is 7.11 Å². The highest BCUT2D eigenvalue weighted by Gasteiger charge is 2.21. The summed E-state index contributed by atoms with van der Waals surface area (Å²) in [6.45, 7) is 3.81. The first-order chi connectivity index (χ1) is 12.3. The van der Waals surface area contributed by atoms with Crippen LogP contribution in [0.3, 0.4) is 0 Å². The molecule has 5 heteroatoms. The van der Waals surface area contributed by atoms with Crippen LogP contribution in [0.5, 0.6) is 23.0 Å². The molecule has 26 heavy (non-hydrogen) atoms. The van der Waals surface area contributed by atoms with Gasteiger partial charge in [-0.15, -0.1) is 0 Å². The van der Waals surface area contributed by atoms with Crippen LogP contribution in [0.15, 0.2) is 48.1 Å². The molecule has 5 nitrogen and oxygen atoms in total. The third-order valence-electron chi connectivity index (χ3n) is 3.85. The van der Waals surface area contributed by atoms with Gasteiger partial charge < -0.3 is 20.1 Å². The zero-order valence-electron chi connectivity index (χ0n) is 15.0. The van der Waals surface area contributed by atoms with E-state index in [2.05, 4.69) is 0 Å². The molecular weight excluding hydrogens is 332 g/mol. The van der Waals surface area contributed by atoms with Gasteiger partial charge in [0.05, 0.1) is 7.11 Å². The number of carbonyl (C=O) groups excluding carboxylic acids is 1. The molecule has 0 aromatic heterocycles. The van der Waals surface area contributed by atoms with E-state index in [1.165, 1.54) is 31.4 Å². The van der Waals surface area contributed by atoms with Crippen molar-refractivity contribution in [2.45, 2.75) is 20.3 Å². The summed E-state index contributed by atoms with van der Waals surface area (Å²) in [7, 11) is 1.37. The molecule has 2 aromatic rings. The Bertz CT molecular complexity index is 857. The van der Waals surface area contributed by atoms with E-state index < -0.39 is 5.78 Å². The zero-order valence-corrected chi connectivity index (χ0v) is 15.0. The Morgan fingerprint density at radius 1 is 1.12 bits per heavy atom. The van der Waals surface area contributed by atoms with Crippen LogP contribution in [0.2, 0.25) is 0 Å². The molecule has 0 saturated heterocycles. The molecule has 0 atom stereocenters. The SMILES string of the molecule is COc1cc(O)c(CC=C(C)C)c(O)c1C(=O)/C=C\c1ccc(O)cc1. The zero-order chi connectivity index (χ0) is 19.3. The quantitative estimate of drug-likeness (QED) is 0.411. The van der Waals surface area contributed by atoms with Crippen molar-refractivity contribution in [1.82, 2.24) is 0 Å². The first-order valence-electron chi connectivity index (χ1n) is 8.10. The van der Waals surface area contributed by atoms with Gasteiger partial charge in [-0.2, -0.15) is 0 Å². The summed E-state index contributed by atoms with van der Waals surface area (Å²) >= 11 is 0. The highest BCUT2D eigenvalue weighted by Crippen LogP contribution is 2.39. The van der Waals surface area contributed by atoms with Crippen LogP contribution < -0.4 is 4.74 Å². The Labute approximate surface area is 152 Å². The summed E-state index contributed by atoms with van der Waals surface area (Å²) in [6, 6.07) is 7.68. The normalized spacial score (nSPS) is 10.7. The Morgan fingerprint density at radius 3 is 2.35 bits per heavy atom. The molecule has 0 bridgehead atoms. The van der Waals surface area contributed by atoms with E-state index >= 15 is 0 Å². The van der Waals surface area contributed by atoms with E-state index in [0.29, 0.717) is 6.42 Å². The maximum absolute atomic E-state index is 12.6. The summed E-state index contributed by atoms with van der Waals surface area (Å²) in [6.07, 6.45) is 5.03. The van der Waals surface area contributed by atoms with Gasteiger partial charge in [0, 0.05) is 11.6 Å². The molecule has 136 valence electrons. The Morgan fingerprint density at radius 2 is 1.77 bits per heavy atom. The average molecular weight is 354 g/mol. The summed E-state index contributed by atoms with van der Waals surface area (Å²) in [5.74, 6) is -0.641. The van der Waals surface area contributed by atoms with Gasteiger partial charge in [0.1, 0.15) is 28.6 Å². The first kappa shape index (κ1) is 19.1. The van der Waals surface area contributed by atoms with Crippen LogP contribution in [0, 0.1) is 0 Å². The Kier molecular flexibility index (Phi) is 6.07. The number of aromatic hydroxyl groups is 3. The van der Waals surface area contributed by atoms with Gasteiger partial charge >= 0.3 is 0 Å². The maximum Gasteiger partial charge on any atom is 0.193 e. The molecule has 0 aliphatic heterocycles. The molecule has 0 spiro atoms. The lowest BCUT2D eigenvalue weighted by molar-refractivity contribution is 0.104. The topological polar surface area (TPSA) is 87.0 Å². The van der Waals surface area contributed by atoms with Crippen molar-refractivity contribution in [2.24, 2.45) is 0 Å². The van der Waals surface area contributed by atoms with Crippen LogP contribution in [0.4, 0.5) is 0 Å². The third kappa shape index (κ3) is 4.45. The second-order valence-electron chi connectivity index (χ2n) is 6.07. The first-order valence-corrected chi connectivity index (χ1v) is 8.10. The third-order valence-corrected chi connectivity index (χ3v) is 3.85. The van der Waals surface area contributed by atoms with Crippen molar-refractivity contribution in [3.8, 4) is 23.0 Å². The number of hydrogen-bond acceptors (Lipinski definition) is 5.